The highest BCUT2D eigenvalue weighted by atomic mass is 32.1. The van der Waals surface area contributed by atoms with E-state index in [1.807, 2.05) is 30.5 Å². The molecule has 0 saturated carbocycles. The summed E-state index contributed by atoms with van der Waals surface area (Å²) in [5.41, 5.74) is 1.88. The van der Waals surface area contributed by atoms with Crippen molar-refractivity contribution in [1.82, 2.24) is 4.90 Å². The topological polar surface area (TPSA) is 29.5 Å². The first-order valence-corrected chi connectivity index (χ1v) is 8.79. The molecule has 2 unspecified atom stereocenters. The number of amides is 1. The average Bonchev–Trinajstić information content (AvgIpc) is 3.05. The van der Waals surface area contributed by atoms with Gasteiger partial charge in [0, 0.05) is 17.3 Å². The number of thiophene rings is 1. The SMILES string of the molecule is COc1ccc2c(c1)CCN(C(=O)C(F)(F)F)C(c1cccs1)C2C. The lowest BCUT2D eigenvalue weighted by Gasteiger charge is -2.33. The molecular formula is C18H18F3NO2S. The van der Waals surface area contributed by atoms with Gasteiger partial charge in [0.25, 0.3) is 0 Å². The minimum atomic E-state index is -4.89. The molecule has 2 heterocycles. The molecule has 7 heteroatoms. The molecule has 1 aliphatic heterocycles. The van der Waals surface area contributed by atoms with E-state index in [-0.39, 0.29) is 12.5 Å². The van der Waals surface area contributed by atoms with Gasteiger partial charge in [-0.05, 0) is 41.1 Å². The van der Waals surface area contributed by atoms with Crippen LogP contribution in [0.1, 0.15) is 34.9 Å². The van der Waals surface area contributed by atoms with Crippen LogP contribution < -0.4 is 4.74 Å². The van der Waals surface area contributed by atoms with Crippen LogP contribution in [0.4, 0.5) is 13.2 Å². The molecule has 0 N–H and O–H groups in total. The number of benzene rings is 1. The lowest BCUT2D eigenvalue weighted by molar-refractivity contribution is -0.188. The quantitative estimate of drug-likeness (QED) is 0.777. The van der Waals surface area contributed by atoms with Gasteiger partial charge in [0.1, 0.15) is 5.75 Å². The summed E-state index contributed by atoms with van der Waals surface area (Å²) in [7, 11) is 1.55. The van der Waals surface area contributed by atoms with Crippen LogP contribution in [-0.4, -0.2) is 30.6 Å². The maximum absolute atomic E-state index is 13.1. The maximum atomic E-state index is 13.1. The van der Waals surface area contributed by atoms with Crippen LogP contribution in [0.2, 0.25) is 0 Å². The van der Waals surface area contributed by atoms with Crippen molar-refractivity contribution < 1.29 is 22.7 Å². The number of hydrogen-bond donors (Lipinski definition) is 0. The van der Waals surface area contributed by atoms with Crippen molar-refractivity contribution in [3.05, 3.63) is 51.7 Å². The van der Waals surface area contributed by atoms with Gasteiger partial charge >= 0.3 is 12.1 Å². The Morgan fingerprint density at radius 3 is 2.68 bits per heavy atom. The maximum Gasteiger partial charge on any atom is 0.471 e. The summed E-state index contributed by atoms with van der Waals surface area (Å²) in [5, 5.41) is 1.82. The summed E-state index contributed by atoms with van der Waals surface area (Å²) >= 11 is 1.37. The molecule has 0 aliphatic carbocycles. The van der Waals surface area contributed by atoms with Gasteiger partial charge in [-0.2, -0.15) is 13.2 Å². The Hall–Kier alpha value is -2.02. The first-order valence-electron chi connectivity index (χ1n) is 7.91. The van der Waals surface area contributed by atoms with E-state index >= 15 is 0 Å². The van der Waals surface area contributed by atoms with Crippen molar-refractivity contribution in [3.63, 3.8) is 0 Å². The van der Waals surface area contributed by atoms with Crippen LogP contribution in [0.3, 0.4) is 0 Å². The molecule has 3 nitrogen and oxygen atoms in total. The normalized spacial score (nSPS) is 20.8. The molecule has 0 spiro atoms. The van der Waals surface area contributed by atoms with Crippen LogP contribution in [0.5, 0.6) is 5.75 Å². The van der Waals surface area contributed by atoms with E-state index in [9.17, 15) is 18.0 Å². The minimum absolute atomic E-state index is 0.0193. The van der Waals surface area contributed by atoms with Gasteiger partial charge < -0.3 is 9.64 Å². The van der Waals surface area contributed by atoms with Crippen LogP contribution >= 0.6 is 11.3 Å². The molecule has 1 aromatic heterocycles. The highest BCUT2D eigenvalue weighted by Crippen LogP contribution is 2.43. The van der Waals surface area contributed by atoms with E-state index in [1.54, 1.807) is 19.2 Å². The number of carbonyl (C=O) groups is 1. The minimum Gasteiger partial charge on any atom is -0.497 e. The summed E-state index contributed by atoms with van der Waals surface area (Å²) in [6.45, 7) is 1.89. The van der Waals surface area contributed by atoms with Crippen molar-refractivity contribution in [2.75, 3.05) is 13.7 Å². The Labute approximate surface area is 148 Å². The van der Waals surface area contributed by atoms with Crippen LogP contribution in [0, 0.1) is 0 Å². The summed E-state index contributed by atoms with van der Waals surface area (Å²) in [6.07, 6.45) is -4.52. The summed E-state index contributed by atoms with van der Waals surface area (Å²) < 4.78 is 44.7. The number of hydrogen-bond acceptors (Lipinski definition) is 3. The Morgan fingerprint density at radius 1 is 1.32 bits per heavy atom. The van der Waals surface area contributed by atoms with Crippen LogP contribution in [-0.2, 0) is 11.2 Å². The molecule has 1 aliphatic rings. The Kier molecular flexibility index (Phi) is 4.77. The first-order chi connectivity index (χ1) is 11.8. The molecule has 1 amide bonds. The van der Waals surface area contributed by atoms with Gasteiger partial charge in [0.15, 0.2) is 0 Å². The fraction of sp³-hybridized carbons (Fsp3) is 0.389. The number of nitrogens with zero attached hydrogens (tertiary/aromatic N) is 1. The van der Waals surface area contributed by atoms with E-state index in [1.165, 1.54) is 11.3 Å². The lowest BCUT2D eigenvalue weighted by atomic mass is 9.89. The number of ether oxygens (including phenoxy) is 1. The molecule has 2 atom stereocenters. The van der Waals surface area contributed by atoms with Crippen molar-refractivity contribution >= 4 is 17.2 Å². The van der Waals surface area contributed by atoms with Crippen molar-refractivity contribution in [2.24, 2.45) is 0 Å². The Morgan fingerprint density at radius 2 is 2.08 bits per heavy atom. The van der Waals surface area contributed by atoms with E-state index in [0.29, 0.717) is 12.2 Å². The largest absolute Gasteiger partial charge is 0.497 e. The fourth-order valence-corrected chi connectivity index (χ4v) is 4.38. The number of methoxy groups -OCH3 is 1. The molecule has 0 fully saturated rings. The summed E-state index contributed by atoms with van der Waals surface area (Å²) in [5.74, 6) is -1.37. The smallest absolute Gasteiger partial charge is 0.471 e. The zero-order valence-corrected chi connectivity index (χ0v) is 14.7. The molecule has 2 aromatic rings. The number of rotatable bonds is 2. The van der Waals surface area contributed by atoms with E-state index < -0.39 is 18.1 Å². The van der Waals surface area contributed by atoms with Crippen molar-refractivity contribution in [3.8, 4) is 5.75 Å². The molecule has 3 rings (SSSR count). The fourth-order valence-electron chi connectivity index (χ4n) is 3.44. The second-order valence-corrected chi connectivity index (χ2v) is 7.04. The van der Waals surface area contributed by atoms with E-state index in [2.05, 4.69) is 0 Å². The third-order valence-corrected chi connectivity index (χ3v) is 5.55. The van der Waals surface area contributed by atoms with E-state index in [0.717, 1.165) is 20.9 Å². The Bertz CT molecular complexity index is 758. The second kappa shape index (κ2) is 6.71. The summed E-state index contributed by atoms with van der Waals surface area (Å²) in [4.78, 5) is 13.8. The standard InChI is InChI=1S/C18H18F3NO2S/c1-11-14-6-5-13(24-2)10-12(14)7-8-22(17(23)18(19,20)21)16(11)15-4-3-9-25-15/h3-6,9-11,16H,7-8H2,1-2H3. The predicted molar refractivity (Wildman–Crippen MR) is 89.9 cm³/mol. The van der Waals surface area contributed by atoms with Crippen LogP contribution in [0.25, 0.3) is 0 Å². The van der Waals surface area contributed by atoms with Gasteiger partial charge in [-0.15, -0.1) is 11.3 Å². The van der Waals surface area contributed by atoms with Gasteiger partial charge in [-0.25, -0.2) is 0 Å². The molecule has 0 bridgehead atoms. The molecule has 1 aromatic carbocycles. The first kappa shape index (κ1) is 17.8. The van der Waals surface area contributed by atoms with E-state index in [4.69, 9.17) is 4.74 Å². The van der Waals surface area contributed by atoms with Gasteiger partial charge in [0.05, 0.1) is 13.2 Å². The summed E-state index contributed by atoms with van der Waals surface area (Å²) in [6, 6.07) is 8.49. The number of alkyl halides is 3. The zero-order chi connectivity index (χ0) is 18.2. The third kappa shape index (κ3) is 3.38. The molecule has 134 valence electrons. The second-order valence-electron chi connectivity index (χ2n) is 6.06. The number of fused-ring (bicyclic) bond motifs is 1. The van der Waals surface area contributed by atoms with Crippen molar-refractivity contribution in [2.45, 2.75) is 31.5 Å². The average molecular weight is 369 g/mol. The molecular weight excluding hydrogens is 351 g/mol. The highest BCUT2D eigenvalue weighted by molar-refractivity contribution is 7.10. The molecule has 25 heavy (non-hydrogen) atoms. The molecule has 0 radical (unpaired) electrons. The Balaban J connectivity index is 2.08. The predicted octanol–water partition coefficient (Wildman–Crippen LogP) is 4.55. The van der Waals surface area contributed by atoms with Crippen LogP contribution in [0.15, 0.2) is 35.7 Å². The lowest BCUT2D eigenvalue weighted by Crippen LogP contribution is -2.44. The van der Waals surface area contributed by atoms with Gasteiger partial charge in [-0.3, -0.25) is 4.79 Å². The third-order valence-electron chi connectivity index (χ3n) is 4.61. The number of halogens is 3. The van der Waals surface area contributed by atoms with Crippen molar-refractivity contribution in [1.29, 1.82) is 0 Å². The van der Waals surface area contributed by atoms with Gasteiger partial charge in [0.2, 0.25) is 0 Å². The highest BCUT2D eigenvalue weighted by Gasteiger charge is 2.47. The number of carbonyl (C=O) groups excluding carboxylic acids is 1. The molecule has 0 saturated heterocycles. The zero-order valence-electron chi connectivity index (χ0n) is 13.8. The monoisotopic (exact) mass is 369 g/mol. The van der Waals surface area contributed by atoms with Gasteiger partial charge in [-0.1, -0.05) is 19.1 Å².